The van der Waals surface area contributed by atoms with Crippen molar-refractivity contribution in [3.05, 3.63) is 30.1 Å². The van der Waals surface area contributed by atoms with E-state index in [0.717, 1.165) is 12.0 Å². The van der Waals surface area contributed by atoms with Crippen LogP contribution in [0.2, 0.25) is 0 Å². The number of anilines is 1. The first kappa shape index (κ1) is 11.5. The number of hydrogen-bond donors (Lipinski definition) is 1. The van der Waals surface area contributed by atoms with E-state index in [1.54, 1.807) is 0 Å². The highest BCUT2D eigenvalue weighted by Crippen LogP contribution is 2.19. The molecule has 0 unspecified atom stereocenters. The molecule has 0 saturated carbocycles. The van der Waals surface area contributed by atoms with Crippen LogP contribution in [0, 0.1) is 0 Å². The van der Waals surface area contributed by atoms with Crippen LogP contribution in [-0.4, -0.2) is 10.1 Å². The average molecular weight is 226 g/mol. The van der Waals surface area contributed by atoms with Gasteiger partial charge in [-0.05, 0) is 18.2 Å². The summed E-state index contributed by atoms with van der Waals surface area (Å²) in [7, 11) is 0. The predicted molar refractivity (Wildman–Crippen MR) is 60.8 cm³/mol. The molecule has 0 bridgehead atoms. The number of aromatic nitrogens is 2. The summed E-state index contributed by atoms with van der Waals surface area (Å²) < 4.78 is 5.08. The lowest BCUT2D eigenvalue weighted by atomic mass is 10.2. The van der Waals surface area contributed by atoms with Crippen molar-refractivity contribution in [1.29, 1.82) is 0 Å². The summed E-state index contributed by atoms with van der Waals surface area (Å²) in [5, 5.41) is 3.81. The van der Waals surface area contributed by atoms with E-state index in [-0.39, 0.29) is 12.4 Å². The van der Waals surface area contributed by atoms with Gasteiger partial charge in [0.25, 0.3) is 5.89 Å². The first-order valence-electron chi connectivity index (χ1n) is 4.48. The third-order valence-corrected chi connectivity index (χ3v) is 1.92. The van der Waals surface area contributed by atoms with Crippen molar-refractivity contribution in [3.8, 4) is 11.5 Å². The lowest BCUT2D eigenvalue weighted by Gasteiger charge is -1.94. The van der Waals surface area contributed by atoms with Gasteiger partial charge < -0.3 is 10.3 Å². The Morgan fingerprint density at radius 3 is 2.80 bits per heavy atom. The molecule has 0 radical (unpaired) electrons. The molecule has 0 amide bonds. The van der Waals surface area contributed by atoms with E-state index in [1.165, 1.54) is 0 Å². The normalized spacial score (nSPS) is 9.67. The highest BCUT2D eigenvalue weighted by atomic mass is 35.5. The van der Waals surface area contributed by atoms with E-state index in [0.29, 0.717) is 17.4 Å². The van der Waals surface area contributed by atoms with E-state index >= 15 is 0 Å². The lowest BCUT2D eigenvalue weighted by Crippen LogP contribution is -1.85. The summed E-state index contributed by atoms with van der Waals surface area (Å²) in [6.07, 6.45) is 0.770. The fraction of sp³-hybridized carbons (Fsp3) is 0.200. The maximum Gasteiger partial charge on any atom is 0.257 e. The van der Waals surface area contributed by atoms with Gasteiger partial charge >= 0.3 is 0 Å². The quantitative estimate of drug-likeness (QED) is 0.797. The van der Waals surface area contributed by atoms with E-state index in [9.17, 15) is 0 Å². The Balaban J connectivity index is 0.00000112. The summed E-state index contributed by atoms with van der Waals surface area (Å²) in [5.74, 6) is 1.23. The minimum absolute atomic E-state index is 0. The Labute approximate surface area is 93.9 Å². The molecule has 1 aromatic heterocycles. The van der Waals surface area contributed by atoms with Gasteiger partial charge in [0.2, 0.25) is 0 Å². The van der Waals surface area contributed by atoms with Gasteiger partial charge in [-0.2, -0.15) is 4.98 Å². The first-order chi connectivity index (χ1) is 6.79. The molecule has 0 aliphatic rings. The van der Waals surface area contributed by atoms with Crippen molar-refractivity contribution in [3.63, 3.8) is 0 Å². The molecule has 0 aliphatic heterocycles. The van der Waals surface area contributed by atoms with Crippen molar-refractivity contribution in [2.45, 2.75) is 13.3 Å². The van der Waals surface area contributed by atoms with Gasteiger partial charge in [-0.1, -0.05) is 18.1 Å². The van der Waals surface area contributed by atoms with E-state index in [2.05, 4.69) is 10.1 Å². The molecule has 1 aromatic carbocycles. The lowest BCUT2D eigenvalue weighted by molar-refractivity contribution is 0.423. The molecule has 5 heteroatoms. The molecule has 0 aliphatic carbocycles. The number of hydrogen-bond acceptors (Lipinski definition) is 4. The predicted octanol–water partition coefficient (Wildman–Crippen LogP) is 2.30. The number of nitrogens with two attached hydrogens (primary N) is 1. The van der Waals surface area contributed by atoms with Gasteiger partial charge in [-0.15, -0.1) is 12.4 Å². The van der Waals surface area contributed by atoms with Crippen LogP contribution in [0.5, 0.6) is 0 Å². The maximum absolute atomic E-state index is 5.65. The molecule has 1 heterocycles. The summed E-state index contributed by atoms with van der Waals surface area (Å²) >= 11 is 0. The van der Waals surface area contributed by atoms with Crippen LogP contribution >= 0.6 is 12.4 Å². The van der Waals surface area contributed by atoms with Crippen molar-refractivity contribution >= 4 is 18.1 Å². The SMILES string of the molecule is CCc1noc(-c2cccc(N)c2)n1.Cl. The fourth-order valence-corrected chi connectivity index (χ4v) is 1.19. The van der Waals surface area contributed by atoms with E-state index in [1.807, 2.05) is 31.2 Å². The van der Waals surface area contributed by atoms with Crippen LogP contribution in [-0.2, 0) is 6.42 Å². The van der Waals surface area contributed by atoms with Crippen molar-refractivity contribution in [2.24, 2.45) is 0 Å². The molecule has 4 nitrogen and oxygen atoms in total. The number of rotatable bonds is 2. The molecule has 15 heavy (non-hydrogen) atoms. The molecular formula is C10H12ClN3O. The van der Waals surface area contributed by atoms with Crippen LogP contribution in [0.15, 0.2) is 28.8 Å². The second-order valence-electron chi connectivity index (χ2n) is 2.99. The van der Waals surface area contributed by atoms with Crippen LogP contribution in [0.1, 0.15) is 12.7 Å². The molecule has 0 fully saturated rings. The number of nitrogen functional groups attached to an aromatic ring is 1. The monoisotopic (exact) mass is 225 g/mol. The molecule has 0 saturated heterocycles. The number of halogens is 1. The van der Waals surface area contributed by atoms with Crippen LogP contribution in [0.25, 0.3) is 11.5 Å². The summed E-state index contributed by atoms with van der Waals surface area (Å²) in [6.45, 7) is 1.98. The zero-order valence-electron chi connectivity index (χ0n) is 8.30. The Kier molecular flexibility index (Phi) is 3.68. The van der Waals surface area contributed by atoms with Gasteiger partial charge in [0.05, 0.1) is 0 Å². The minimum Gasteiger partial charge on any atom is -0.399 e. The summed E-state index contributed by atoms with van der Waals surface area (Å²) in [6, 6.07) is 7.39. The Hall–Kier alpha value is -1.55. The average Bonchev–Trinajstić information content (AvgIpc) is 2.66. The third-order valence-electron chi connectivity index (χ3n) is 1.92. The molecule has 2 rings (SSSR count). The summed E-state index contributed by atoms with van der Waals surface area (Å²) in [5.41, 5.74) is 7.20. The topological polar surface area (TPSA) is 64.9 Å². The zero-order valence-corrected chi connectivity index (χ0v) is 9.12. The molecule has 0 atom stereocenters. The Bertz CT molecular complexity index is 442. The van der Waals surface area contributed by atoms with Gasteiger partial charge in [0.15, 0.2) is 5.82 Å². The van der Waals surface area contributed by atoms with Crippen molar-refractivity contribution < 1.29 is 4.52 Å². The Morgan fingerprint density at radius 2 is 2.20 bits per heavy atom. The van der Waals surface area contributed by atoms with Crippen LogP contribution < -0.4 is 5.73 Å². The van der Waals surface area contributed by atoms with Crippen LogP contribution in [0.4, 0.5) is 5.69 Å². The van der Waals surface area contributed by atoms with Gasteiger partial charge in [0.1, 0.15) is 0 Å². The fourth-order valence-electron chi connectivity index (χ4n) is 1.19. The molecule has 2 aromatic rings. The van der Waals surface area contributed by atoms with Gasteiger partial charge in [-0.3, -0.25) is 0 Å². The molecule has 80 valence electrons. The number of benzene rings is 1. The molecule has 2 N–H and O–H groups in total. The largest absolute Gasteiger partial charge is 0.399 e. The van der Waals surface area contributed by atoms with E-state index in [4.69, 9.17) is 10.3 Å². The first-order valence-corrected chi connectivity index (χ1v) is 4.48. The third kappa shape index (κ3) is 2.47. The minimum atomic E-state index is 0. The second-order valence-corrected chi connectivity index (χ2v) is 2.99. The Morgan fingerprint density at radius 1 is 1.40 bits per heavy atom. The maximum atomic E-state index is 5.65. The zero-order chi connectivity index (χ0) is 9.97. The smallest absolute Gasteiger partial charge is 0.257 e. The van der Waals surface area contributed by atoms with Crippen molar-refractivity contribution in [2.75, 3.05) is 5.73 Å². The highest BCUT2D eigenvalue weighted by Gasteiger charge is 2.06. The standard InChI is InChI=1S/C10H11N3O.ClH/c1-2-9-12-10(14-13-9)7-4-3-5-8(11)6-7;/h3-6H,2,11H2,1H3;1H. The summed E-state index contributed by atoms with van der Waals surface area (Å²) in [4.78, 5) is 4.21. The molecule has 0 spiro atoms. The highest BCUT2D eigenvalue weighted by molar-refractivity contribution is 5.85. The van der Waals surface area contributed by atoms with Crippen molar-refractivity contribution in [1.82, 2.24) is 10.1 Å². The second kappa shape index (κ2) is 4.79. The van der Waals surface area contributed by atoms with Gasteiger partial charge in [-0.25, -0.2) is 0 Å². The molecular weight excluding hydrogens is 214 g/mol. The van der Waals surface area contributed by atoms with Gasteiger partial charge in [0, 0.05) is 17.7 Å². The number of aryl methyl sites for hydroxylation is 1. The van der Waals surface area contributed by atoms with E-state index < -0.39 is 0 Å². The number of nitrogens with zero attached hydrogens (tertiary/aromatic N) is 2. The van der Waals surface area contributed by atoms with Crippen LogP contribution in [0.3, 0.4) is 0 Å².